The van der Waals surface area contributed by atoms with Gasteiger partial charge < -0.3 is 0 Å². The van der Waals surface area contributed by atoms with Crippen LogP contribution in [0.25, 0.3) is 0 Å². The minimum absolute atomic E-state index is 0.371. The molecule has 0 heterocycles. The first-order valence-corrected chi connectivity index (χ1v) is 5.62. The molecule has 1 aromatic rings. The van der Waals surface area contributed by atoms with Gasteiger partial charge in [-0.25, -0.2) is 0 Å². The highest BCUT2D eigenvalue weighted by atomic mass is 15.1. The molecule has 16 heavy (non-hydrogen) atoms. The first-order chi connectivity index (χ1) is 7.48. The Hall–Kier alpha value is -1.33. The van der Waals surface area contributed by atoms with Gasteiger partial charge in [0.05, 0.1) is 6.07 Å². The van der Waals surface area contributed by atoms with Crippen molar-refractivity contribution < 1.29 is 0 Å². The van der Waals surface area contributed by atoms with Gasteiger partial charge in [-0.1, -0.05) is 29.8 Å². The SMILES string of the molecule is Cc1cccc(CCC(C)(C#N)N(C)C)c1. The Balaban J connectivity index is 2.68. The molecule has 0 amide bonds. The van der Waals surface area contributed by atoms with Crippen molar-refractivity contribution in [2.75, 3.05) is 14.1 Å². The van der Waals surface area contributed by atoms with Crippen LogP contribution in [0.4, 0.5) is 0 Å². The van der Waals surface area contributed by atoms with Gasteiger partial charge in [0.2, 0.25) is 0 Å². The van der Waals surface area contributed by atoms with E-state index in [1.165, 1.54) is 11.1 Å². The van der Waals surface area contributed by atoms with Crippen molar-refractivity contribution in [1.29, 1.82) is 5.26 Å². The summed E-state index contributed by atoms with van der Waals surface area (Å²) in [5.74, 6) is 0. The summed E-state index contributed by atoms with van der Waals surface area (Å²) in [6.07, 6.45) is 1.81. The van der Waals surface area contributed by atoms with Crippen LogP contribution in [0.15, 0.2) is 24.3 Å². The maximum absolute atomic E-state index is 9.20. The molecule has 0 saturated carbocycles. The summed E-state index contributed by atoms with van der Waals surface area (Å²) in [5.41, 5.74) is 2.22. The van der Waals surface area contributed by atoms with E-state index in [0.29, 0.717) is 0 Å². The smallest absolute Gasteiger partial charge is 0.106 e. The molecule has 0 saturated heterocycles. The number of rotatable bonds is 4. The van der Waals surface area contributed by atoms with Gasteiger partial charge in [0.1, 0.15) is 5.54 Å². The summed E-state index contributed by atoms with van der Waals surface area (Å²) in [6.45, 7) is 4.09. The molecule has 0 fully saturated rings. The molecule has 0 aliphatic heterocycles. The third kappa shape index (κ3) is 3.08. The summed E-state index contributed by atoms with van der Waals surface area (Å²) in [7, 11) is 3.92. The van der Waals surface area contributed by atoms with Crippen LogP contribution in [-0.2, 0) is 6.42 Å². The fraction of sp³-hybridized carbons (Fsp3) is 0.500. The third-order valence-corrected chi connectivity index (χ3v) is 3.21. The van der Waals surface area contributed by atoms with E-state index < -0.39 is 0 Å². The van der Waals surface area contributed by atoms with Gasteiger partial charge in [-0.15, -0.1) is 0 Å². The zero-order valence-corrected chi connectivity index (χ0v) is 10.6. The minimum atomic E-state index is -0.371. The van der Waals surface area contributed by atoms with Gasteiger partial charge in [-0.3, -0.25) is 4.90 Å². The largest absolute Gasteiger partial charge is 0.292 e. The van der Waals surface area contributed by atoms with Crippen LogP contribution in [0.2, 0.25) is 0 Å². The highest BCUT2D eigenvalue weighted by molar-refractivity contribution is 5.23. The van der Waals surface area contributed by atoms with Crippen molar-refractivity contribution in [1.82, 2.24) is 4.90 Å². The molecule has 1 unspecified atom stereocenters. The molecule has 1 aromatic carbocycles. The van der Waals surface area contributed by atoms with Crippen molar-refractivity contribution in [3.63, 3.8) is 0 Å². The van der Waals surface area contributed by atoms with Gasteiger partial charge in [0, 0.05) is 0 Å². The van der Waals surface area contributed by atoms with E-state index in [1.807, 2.05) is 25.9 Å². The molecule has 2 heteroatoms. The van der Waals surface area contributed by atoms with E-state index in [9.17, 15) is 5.26 Å². The lowest BCUT2D eigenvalue weighted by molar-refractivity contribution is 0.224. The summed E-state index contributed by atoms with van der Waals surface area (Å²) in [4.78, 5) is 1.99. The van der Waals surface area contributed by atoms with Crippen LogP contribution in [0.3, 0.4) is 0 Å². The van der Waals surface area contributed by atoms with Gasteiger partial charge >= 0.3 is 0 Å². The lowest BCUT2D eigenvalue weighted by Gasteiger charge is -2.29. The topological polar surface area (TPSA) is 27.0 Å². The predicted molar refractivity (Wildman–Crippen MR) is 67.2 cm³/mol. The van der Waals surface area contributed by atoms with Crippen LogP contribution in [0.5, 0.6) is 0 Å². The molecule has 0 bridgehead atoms. The van der Waals surface area contributed by atoms with Crippen molar-refractivity contribution in [3.8, 4) is 6.07 Å². The number of aryl methyl sites for hydroxylation is 2. The fourth-order valence-electron chi connectivity index (χ4n) is 1.63. The average Bonchev–Trinajstić information content (AvgIpc) is 2.26. The standard InChI is InChI=1S/C14H20N2/c1-12-6-5-7-13(10-12)8-9-14(2,11-15)16(3)4/h5-7,10H,8-9H2,1-4H3. The van der Waals surface area contributed by atoms with Crippen LogP contribution < -0.4 is 0 Å². The number of benzene rings is 1. The molecule has 2 nitrogen and oxygen atoms in total. The molecule has 86 valence electrons. The van der Waals surface area contributed by atoms with E-state index in [2.05, 4.69) is 37.3 Å². The normalized spacial score (nSPS) is 14.5. The number of nitriles is 1. The van der Waals surface area contributed by atoms with E-state index in [4.69, 9.17) is 0 Å². The number of hydrogen-bond acceptors (Lipinski definition) is 2. The van der Waals surface area contributed by atoms with Gasteiger partial charge in [0.15, 0.2) is 0 Å². The molecule has 0 aromatic heterocycles. The van der Waals surface area contributed by atoms with Crippen molar-refractivity contribution in [3.05, 3.63) is 35.4 Å². The van der Waals surface area contributed by atoms with E-state index in [-0.39, 0.29) is 5.54 Å². The third-order valence-electron chi connectivity index (χ3n) is 3.21. The van der Waals surface area contributed by atoms with Crippen LogP contribution >= 0.6 is 0 Å². The van der Waals surface area contributed by atoms with Gasteiger partial charge in [-0.2, -0.15) is 5.26 Å². The molecular weight excluding hydrogens is 196 g/mol. The van der Waals surface area contributed by atoms with Crippen LogP contribution in [0, 0.1) is 18.3 Å². The summed E-state index contributed by atoms with van der Waals surface area (Å²) in [5, 5.41) is 9.20. The van der Waals surface area contributed by atoms with Crippen LogP contribution in [-0.4, -0.2) is 24.5 Å². The maximum Gasteiger partial charge on any atom is 0.106 e. The second-order valence-corrected chi connectivity index (χ2v) is 4.77. The Bertz CT molecular complexity index is 390. The van der Waals surface area contributed by atoms with Crippen molar-refractivity contribution >= 4 is 0 Å². The lowest BCUT2D eigenvalue weighted by atomic mass is 9.93. The molecule has 0 aliphatic rings. The van der Waals surface area contributed by atoms with Crippen molar-refractivity contribution in [2.24, 2.45) is 0 Å². The first-order valence-electron chi connectivity index (χ1n) is 5.62. The molecular formula is C14H20N2. The molecule has 0 radical (unpaired) electrons. The Morgan fingerprint density at radius 1 is 1.38 bits per heavy atom. The zero-order chi connectivity index (χ0) is 12.2. The van der Waals surface area contributed by atoms with E-state index in [0.717, 1.165) is 12.8 Å². The lowest BCUT2D eigenvalue weighted by Crippen LogP contribution is -2.40. The summed E-state index contributed by atoms with van der Waals surface area (Å²) >= 11 is 0. The second kappa shape index (κ2) is 5.14. The Morgan fingerprint density at radius 3 is 2.56 bits per heavy atom. The van der Waals surface area contributed by atoms with E-state index >= 15 is 0 Å². The molecule has 1 rings (SSSR count). The molecule has 1 atom stereocenters. The number of nitrogens with zero attached hydrogens (tertiary/aromatic N) is 2. The summed E-state index contributed by atoms with van der Waals surface area (Å²) in [6, 6.07) is 10.9. The predicted octanol–water partition coefficient (Wildman–Crippen LogP) is 2.77. The summed E-state index contributed by atoms with van der Waals surface area (Å²) < 4.78 is 0. The number of hydrogen-bond donors (Lipinski definition) is 0. The average molecular weight is 216 g/mol. The first kappa shape index (κ1) is 12.7. The van der Waals surface area contributed by atoms with Crippen molar-refractivity contribution in [2.45, 2.75) is 32.2 Å². The Morgan fingerprint density at radius 2 is 2.06 bits per heavy atom. The quantitative estimate of drug-likeness (QED) is 0.774. The zero-order valence-electron chi connectivity index (χ0n) is 10.6. The highest BCUT2D eigenvalue weighted by Crippen LogP contribution is 2.18. The Labute approximate surface area is 98.5 Å². The Kier molecular flexibility index (Phi) is 4.09. The van der Waals surface area contributed by atoms with Gasteiger partial charge in [0.25, 0.3) is 0 Å². The monoisotopic (exact) mass is 216 g/mol. The second-order valence-electron chi connectivity index (χ2n) is 4.77. The van der Waals surface area contributed by atoms with Crippen LogP contribution in [0.1, 0.15) is 24.5 Å². The maximum atomic E-state index is 9.20. The molecule has 0 aliphatic carbocycles. The molecule has 0 spiro atoms. The molecule has 0 N–H and O–H groups in total. The minimum Gasteiger partial charge on any atom is -0.292 e. The highest BCUT2D eigenvalue weighted by Gasteiger charge is 2.25. The van der Waals surface area contributed by atoms with E-state index in [1.54, 1.807) is 0 Å². The fourth-order valence-corrected chi connectivity index (χ4v) is 1.63. The van der Waals surface area contributed by atoms with Gasteiger partial charge in [-0.05, 0) is 46.3 Å².